The number of benzene rings is 1. The van der Waals surface area contributed by atoms with Crippen molar-refractivity contribution in [3.8, 4) is 11.5 Å². The van der Waals surface area contributed by atoms with E-state index in [9.17, 15) is 14.4 Å². The lowest BCUT2D eigenvalue weighted by molar-refractivity contribution is -0.134. The molecule has 1 aromatic rings. The maximum absolute atomic E-state index is 11.3. The summed E-state index contributed by atoms with van der Waals surface area (Å²) >= 11 is 0. The summed E-state index contributed by atoms with van der Waals surface area (Å²) < 4.78 is 10.4. The molecule has 138 valence electrons. The Morgan fingerprint density at radius 2 is 1.48 bits per heavy atom. The summed E-state index contributed by atoms with van der Waals surface area (Å²) in [6.45, 7) is 2.65. The highest BCUT2D eigenvalue weighted by atomic mass is 16.6. The van der Waals surface area contributed by atoms with Crippen LogP contribution in [0.2, 0.25) is 0 Å². The van der Waals surface area contributed by atoms with E-state index < -0.39 is 11.9 Å². The Bertz CT molecular complexity index is 565. The number of aldehydes is 1. The third kappa shape index (κ3) is 9.03. The molecule has 0 heterocycles. The van der Waals surface area contributed by atoms with Gasteiger partial charge in [0.2, 0.25) is 0 Å². The molecule has 5 nitrogen and oxygen atoms in total. The Morgan fingerprint density at radius 1 is 0.880 bits per heavy atom. The quantitative estimate of drug-likeness (QED) is 0.242. The molecule has 0 atom stereocenters. The first kappa shape index (κ1) is 20.9. The number of hydrogen-bond acceptors (Lipinski definition) is 5. The van der Waals surface area contributed by atoms with Gasteiger partial charge in [-0.05, 0) is 30.9 Å². The van der Waals surface area contributed by atoms with E-state index in [1.807, 2.05) is 6.07 Å². The Kier molecular flexibility index (Phi) is 10.2. The van der Waals surface area contributed by atoms with Crippen LogP contribution in [0.1, 0.15) is 70.8 Å². The van der Waals surface area contributed by atoms with Gasteiger partial charge in [0.1, 0.15) is 6.29 Å². The molecule has 0 saturated carbocycles. The molecular formula is C20H28O5. The number of rotatable bonds is 12. The van der Waals surface area contributed by atoms with E-state index in [1.165, 1.54) is 20.3 Å². The SMILES string of the molecule is CC(=O)Oc1cccc(CCCCCCCCCC=O)c1OC(C)=O. The molecule has 0 bridgehead atoms. The van der Waals surface area contributed by atoms with Crippen molar-refractivity contribution in [2.24, 2.45) is 0 Å². The molecule has 0 aliphatic heterocycles. The largest absolute Gasteiger partial charge is 0.423 e. The van der Waals surface area contributed by atoms with Crippen LogP contribution < -0.4 is 9.47 Å². The zero-order chi connectivity index (χ0) is 18.5. The van der Waals surface area contributed by atoms with Gasteiger partial charge in [-0.3, -0.25) is 9.59 Å². The third-order valence-corrected chi connectivity index (χ3v) is 3.83. The summed E-state index contributed by atoms with van der Waals surface area (Å²) in [4.78, 5) is 32.8. The maximum atomic E-state index is 11.3. The predicted octanol–water partition coefficient (Wildman–Crippen LogP) is 4.40. The summed E-state index contributed by atoms with van der Waals surface area (Å²) in [7, 11) is 0. The molecule has 0 aliphatic carbocycles. The van der Waals surface area contributed by atoms with Crippen molar-refractivity contribution in [1.82, 2.24) is 0 Å². The Morgan fingerprint density at radius 3 is 2.08 bits per heavy atom. The number of esters is 2. The van der Waals surface area contributed by atoms with Crippen molar-refractivity contribution >= 4 is 18.2 Å². The number of unbranched alkanes of at least 4 members (excludes halogenated alkanes) is 7. The Balaban J connectivity index is 2.47. The summed E-state index contributed by atoms with van der Waals surface area (Å²) in [6.07, 6.45) is 10.0. The molecule has 0 unspecified atom stereocenters. The average Bonchev–Trinajstić information content (AvgIpc) is 2.55. The van der Waals surface area contributed by atoms with E-state index in [2.05, 4.69) is 0 Å². The number of ether oxygens (including phenoxy) is 2. The number of aryl methyl sites for hydroxylation is 1. The van der Waals surface area contributed by atoms with Gasteiger partial charge < -0.3 is 14.3 Å². The number of carbonyl (C=O) groups excluding carboxylic acids is 3. The Hall–Kier alpha value is -2.17. The molecule has 0 N–H and O–H groups in total. The highest BCUT2D eigenvalue weighted by molar-refractivity contribution is 5.74. The molecular weight excluding hydrogens is 320 g/mol. The second kappa shape index (κ2) is 12.2. The lowest BCUT2D eigenvalue weighted by atomic mass is 10.0. The minimum absolute atomic E-state index is 0.287. The molecule has 0 aliphatic rings. The zero-order valence-corrected chi connectivity index (χ0v) is 15.2. The van der Waals surface area contributed by atoms with E-state index >= 15 is 0 Å². The van der Waals surface area contributed by atoms with Gasteiger partial charge in [0, 0.05) is 20.3 Å². The zero-order valence-electron chi connectivity index (χ0n) is 15.2. The minimum atomic E-state index is -0.444. The highest BCUT2D eigenvalue weighted by Gasteiger charge is 2.14. The van der Waals surface area contributed by atoms with Gasteiger partial charge >= 0.3 is 11.9 Å². The van der Waals surface area contributed by atoms with Gasteiger partial charge in [-0.1, -0.05) is 44.2 Å². The summed E-state index contributed by atoms with van der Waals surface area (Å²) in [5.74, 6) is -0.245. The fourth-order valence-electron chi connectivity index (χ4n) is 2.68. The van der Waals surface area contributed by atoms with Crippen LogP contribution in [0.4, 0.5) is 0 Å². The van der Waals surface area contributed by atoms with Crippen molar-refractivity contribution in [1.29, 1.82) is 0 Å². The molecule has 1 aromatic carbocycles. The van der Waals surface area contributed by atoms with E-state index in [-0.39, 0.29) is 5.75 Å². The lowest BCUT2D eigenvalue weighted by Crippen LogP contribution is -2.09. The van der Waals surface area contributed by atoms with E-state index in [0.29, 0.717) is 12.2 Å². The topological polar surface area (TPSA) is 69.7 Å². The first-order valence-corrected chi connectivity index (χ1v) is 8.97. The molecule has 1 rings (SSSR count). The van der Waals surface area contributed by atoms with Crippen LogP contribution in [0.15, 0.2) is 18.2 Å². The smallest absolute Gasteiger partial charge is 0.308 e. The molecule has 0 radical (unpaired) electrons. The Labute approximate surface area is 149 Å². The molecule has 0 amide bonds. The fourth-order valence-corrected chi connectivity index (χ4v) is 2.68. The predicted molar refractivity (Wildman–Crippen MR) is 95.8 cm³/mol. The van der Waals surface area contributed by atoms with Gasteiger partial charge in [0.05, 0.1) is 0 Å². The molecule has 0 fully saturated rings. The monoisotopic (exact) mass is 348 g/mol. The first-order chi connectivity index (χ1) is 12.0. The van der Waals surface area contributed by atoms with Crippen LogP contribution in [0, 0.1) is 0 Å². The van der Waals surface area contributed by atoms with Crippen molar-refractivity contribution in [3.05, 3.63) is 23.8 Å². The second-order valence-electron chi connectivity index (χ2n) is 6.11. The van der Waals surface area contributed by atoms with Crippen LogP contribution in [0.25, 0.3) is 0 Å². The van der Waals surface area contributed by atoms with Gasteiger partial charge in [0.15, 0.2) is 11.5 Å². The van der Waals surface area contributed by atoms with Crippen LogP contribution in [0.5, 0.6) is 11.5 Å². The van der Waals surface area contributed by atoms with Crippen LogP contribution >= 0.6 is 0 Å². The lowest BCUT2D eigenvalue weighted by Gasteiger charge is -2.13. The first-order valence-electron chi connectivity index (χ1n) is 8.97. The van der Waals surface area contributed by atoms with Crippen LogP contribution in [-0.4, -0.2) is 18.2 Å². The highest BCUT2D eigenvalue weighted by Crippen LogP contribution is 2.33. The fraction of sp³-hybridized carbons (Fsp3) is 0.550. The molecule has 5 heteroatoms. The molecule has 25 heavy (non-hydrogen) atoms. The third-order valence-electron chi connectivity index (χ3n) is 3.83. The number of hydrogen-bond donors (Lipinski definition) is 0. The van der Waals surface area contributed by atoms with Crippen LogP contribution in [0.3, 0.4) is 0 Å². The molecule has 0 aromatic heterocycles. The minimum Gasteiger partial charge on any atom is -0.423 e. The number of para-hydroxylation sites is 1. The van der Waals surface area contributed by atoms with E-state index in [0.717, 1.165) is 56.8 Å². The maximum Gasteiger partial charge on any atom is 0.308 e. The van der Waals surface area contributed by atoms with Crippen molar-refractivity contribution in [2.45, 2.75) is 71.6 Å². The second-order valence-corrected chi connectivity index (χ2v) is 6.11. The van der Waals surface area contributed by atoms with Crippen molar-refractivity contribution < 1.29 is 23.9 Å². The van der Waals surface area contributed by atoms with E-state index in [1.54, 1.807) is 12.1 Å². The van der Waals surface area contributed by atoms with E-state index in [4.69, 9.17) is 9.47 Å². The van der Waals surface area contributed by atoms with Gasteiger partial charge in [-0.15, -0.1) is 0 Å². The average molecular weight is 348 g/mol. The van der Waals surface area contributed by atoms with Crippen molar-refractivity contribution in [3.63, 3.8) is 0 Å². The number of carbonyl (C=O) groups is 3. The van der Waals surface area contributed by atoms with Gasteiger partial charge in [-0.2, -0.15) is 0 Å². The summed E-state index contributed by atoms with van der Waals surface area (Å²) in [5, 5.41) is 0. The normalized spacial score (nSPS) is 10.3. The molecule has 0 saturated heterocycles. The summed E-state index contributed by atoms with van der Waals surface area (Å²) in [6, 6.07) is 5.32. The van der Waals surface area contributed by atoms with Crippen LogP contribution in [-0.2, 0) is 20.8 Å². The molecule has 0 spiro atoms. The summed E-state index contributed by atoms with van der Waals surface area (Å²) in [5.41, 5.74) is 0.875. The van der Waals surface area contributed by atoms with Crippen molar-refractivity contribution in [2.75, 3.05) is 0 Å². The van der Waals surface area contributed by atoms with Gasteiger partial charge in [-0.25, -0.2) is 0 Å². The standard InChI is InChI=1S/C20H28O5/c1-16(22)24-19-14-11-13-18(20(19)25-17(2)23)12-9-7-5-3-4-6-8-10-15-21/h11,13-15H,3-10,12H2,1-2H3. The van der Waals surface area contributed by atoms with Gasteiger partial charge in [0.25, 0.3) is 0 Å².